The van der Waals surface area contributed by atoms with E-state index in [1.54, 1.807) is 11.3 Å². The molecule has 1 atom stereocenters. The smallest absolute Gasteiger partial charge is 0.315 e. The lowest BCUT2D eigenvalue weighted by atomic mass is 10.3. The fraction of sp³-hybridized carbons (Fsp3) is 0.333. The van der Waals surface area contributed by atoms with Gasteiger partial charge in [0.05, 0.1) is 5.39 Å². The van der Waals surface area contributed by atoms with E-state index in [1.807, 2.05) is 11.4 Å². The number of nitrogens with one attached hydrogen (secondary N) is 4. The van der Waals surface area contributed by atoms with Crippen LogP contribution in [0.3, 0.4) is 0 Å². The Morgan fingerprint density at radius 3 is 3.14 bits per heavy atom. The van der Waals surface area contributed by atoms with E-state index in [0.29, 0.717) is 19.6 Å². The average molecular weight is 306 g/mol. The third-order valence-corrected chi connectivity index (χ3v) is 3.89. The van der Waals surface area contributed by atoms with Crippen molar-refractivity contribution in [2.24, 2.45) is 0 Å². The van der Waals surface area contributed by atoms with Gasteiger partial charge in [-0.1, -0.05) is 0 Å². The van der Waals surface area contributed by atoms with Gasteiger partial charge in [0.25, 0.3) is 0 Å². The van der Waals surface area contributed by atoms with Gasteiger partial charge in [-0.3, -0.25) is 4.79 Å². The van der Waals surface area contributed by atoms with Crippen molar-refractivity contribution in [1.82, 2.24) is 25.9 Å². The predicted molar refractivity (Wildman–Crippen MR) is 79.2 cm³/mol. The summed E-state index contributed by atoms with van der Waals surface area (Å²) < 4.78 is 0. The second kappa shape index (κ2) is 5.92. The Balaban J connectivity index is 1.47. The zero-order valence-electron chi connectivity index (χ0n) is 11.0. The van der Waals surface area contributed by atoms with Gasteiger partial charge in [0, 0.05) is 19.6 Å². The molecule has 8 nitrogen and oxygen atoms in total. The number of rotatable bonds is 5. The summed E-state index contributed by atoms with van der Waals surface area (Å²) >= 11 is 1.55. The number of amides is 3. The molecule has 1 aliphatic heterocycles. The number of thiophene rings is 1. The Labute approximate surface area is 124 Å². The number of fused-ring (bicyclic) bond motifs is 1. The van der Waals surface area contributed by atoms with E-state index >= 15 is 0 Å². The summed E-state index contributed by atoms with van der Waals surface area (Å²) in [6, 6.07) is 1.15. The van der Waals surface area contributed by atoms with Crippen LogP contribution in [-0.4, -0.2) is 47.6 Å². The molecule has 2 aromatic rings. The largest absolute Gasteiger partial charge is 0.368 e. The molecule has 21 heavy (non-hydrogen) atoms. The van der Waals surface area contributed by atoms with Gasteiger partial charge in [0.2, 0.25) is 5.91 Å². The number of carbonyl (C=O) groups excluding carboxylic acids is 2. The lowest BCUT2D eigenvalue weighted by Gasteiger charge is -2.11. The van der Waals surface area contributed by atoms with Crippen molar-refractivity contribution in [3.05, 3.63) is 17.8 Å². The van der Waals surface area contributed by atoms with E-state index in [0.717, 1.165) is 16.0 Å². The van der Waals surface area contributed by atoms with Crippen molar-refractivity contribution in [2.75, 3.05) is 25.0 Å². The van der Waals surface area contributed by atoms with Gasteiger partial charge in [-0.2, -0.15) is 0 Å². The first-order valence-corrected chi connectivity index (χ1v) is 7.36. The van der Waals surface area contributed by atoms with Gasteiger partial charge in [-0.15, -0.1) is 11.3 Å². The van der Waals surface area contributed by atoms with Crippen molar-refractivity contribution in [3.63, 3.8) is 0 Å². The zero-order valence-corrected chi connectivity index (χ0v) is 11.9. The maximum Gasteiger partial charge on any atom is 0.315 e. The van der Waals surface area contributed by atoms with E-state index in [2.05, 4.69) is 31.2 Å². The minimum atomic E-state index is -0.500. The third-order valence-electron chi connectivity index (χ3n) is 3.07. The first kappa shape index (κ1) is 13.6. The van der Waals surface area contributed by atoms with Gasteiger partial charge in [0.15, 0.2) is 0 Å². The molecule has 0 bridgehead atoms. The molecule has 0 saturated carbocycles. The maximum atomic E-state index is 11.8. The van der Waals surface area contributed by atoms with Gasteiger partial charge < -0.3 is 21.3 Å². The molecule has 3 amide bonds. The molecule has 2 aromatic heterocycles. The summed E-state index contributed by atoms with van der Waals surface area (Å²) in [4.78, 5) is 32.0. The zero-order chi connectivity index (χ0) is 14.7. The summed E-state index contributed by atoms with van der Waals surface area (Å²) in [5, 5.41) is 13.9. The van der Waals surface area contributed by atoms with Crippen LogP contribution in [0.5, 0.6) is 0 Å². The topological polar surface area (TPSA) is 108 Å². The highest BCUT2D eigenvalue weighted by atomic mass is 32.1. The number of hydrogen-bond acceptors (Lipinski definition) is 6. The molecule has 110 valence electrons. The predicted octanol–water partition coefficient (Wildman–Crippen LogP) is -0.0992. The minimum Gasteiger partial charge on any atom is -0.368 e. The van der Waals surface area contributed by atoms with Crippen molar-refractivity contribution in [2.45, 2.75) is 6.04 Å². The molecule has 1 fully saturated rings. The van der Waals surface area contributed by atoms with Crippen molar-refractivity contribution < 1.29 is 9.59 Å². The minimum absolute atomic E-state index is 0.196. The van der Waals surface area contributed by atoms with Crippen LogP contribution in [0.4, 0.5) is 10.6 Å². The van der Waals surface area contributed by atoms with E-state index in [1.165, 1.54) is 6.33 Å². The molecular formula is C12H14N6O2S. The van der Waals surface area contributed by atoms with E-state index < -0.39 is 6.04 Å². The molecule has 0 aromatic carbocycles. The second-order valence-electron chi connectivity index (χ2n) is 4.49. The Morgan fingerprint density at radius 1 is 1.43 bits per heavy atom. The van der Waals surface area contributed by atoms with Gasteiger partial charge >= 0.3 is 6.03 Å². The van der Waals surface area contributed by atoms with Crippen LogP contribution in [0.2, 0.25) is 0 Å². The average Bonchev–Trinajstić information content (AvgIpc) is 3.12. The van der Waals surface area contributed by atoms with Gasteiger partial charge in [0.1, 0.15) is 23.0 Å². The number of anilines is 1. The van der Waals surface area contributed by atoms with Crippen LogP contribution in [0.25, 0.3) is 10.2 Å². The Bertz CT molecular complexity index is 673. The third kappa shape index (κ3) is 3.02. The molecule has 1 aliphatic rings. The summed E-state index contributed by atoms with van der Waals surface area (Å²) in [6.07, 6.45) is 1.51. The van der Waals surface area contributed by atoms with Crippen molar-refractivity contribution in [3.8, 4) is 0 Å². The van der Waals surface area contributed by atoms with E-state index in [4.69, 9.17) is 0 Å². The molecule has 1 unspecified atom stereocenters. The van der Waals surface area contributed by atoms with Crippen LogP contribution < -0.4 is 21.3 Å². The number of nitrogens with zero attached hydrogens (tertiary/aromatic N) is 2. The molecule has 9 heteroatoms. The highest BCUT2D eigenvalue weighted by Gasteiger charge is 2.26. The second-order valence-corrected chi connectivity index (χ2v) is 5.38. The summed E-state index contributed by atoms with van der Waals surface area (Å²) in [6.45, 7) is 1.31. The first-order chi connectivity index (χ1) is 10.2. The summed E-state index contributed by atoms with van der Waals surface area (Å²) in [5.74, 6) is 0.560. The molecule has 3 rings (SSSR count). The Morgan fingerprint density at radius 2 is 2.33 bits per heavy atom. The number of urea groups is 1. The molecule has 0 aliphatic carbocycles. The van der Waals surface area contributed by atoms with Crippen LogP contribution in [0.1, 0.15) is 0 Å². The highest BCUT2D eigenvalue weighted by molar-refractivity contribution is 7.16. The lowest BCUT2D eigenvalue weighted by molar-refractivity contribution is -0.122. The quantitative estimate of drug-likeness (QED) is 0.577. The molecule has 3 heterocycles. The highest BCUT2D eigenvalue weighted by Crippen LogP contribution is 2.23. The van der Waals surface area contributed by atoms with Crippen LogP contribution in [-0.2, 0) is 4.79 Å². The van der Waals surface area contributed by atoms with Crippen molar-refractivity contribution >= 4 is 39.3 Å². The monoisotopic (exact) mass is 306 g/mol. The summed E-state index contributed by atoms with van der Waals surface area (Å²) in [7, 11) is 0. The SMILES string of the molecule is O=C1NCC(C(=O)NCCNc2ncnc3sccc23)N1. The number of aromatic nitrogens is 2. The summed E-state index contributed by atoms with van der Waals surface area (Å²) in [5.41, 5.74) is 0. The van der Waals surface area contributed by atoms with Gasteiger partial charge in [-0.05, 0) is 11.4 Å². The standard InChI is InChI=1S/C12H14N6O2S/c19-10(8-5-15-12(20)18-8)14-3-2-13-9-7-1-4-21-11(7)17-6-16-9/h1,4,6,8H,2-3,5H2,(H,14,19)(H,13,16,17)(H2,15,18,20). The molecule has 4 N–H and O–H groups in total. The number of carbonyl (C=O) groups is 2. The normalized spacial score (nSPS) is 17.3. The molecule has 0 radical (unpaired) electrons. The Kier molecular flexibility index (Phi) is 3.82. The fourth-order valence-electron chi connectivity index (χ4n) is 2.03. The molecule has 0 spiro atoms. The molecule has 1 saturated heterocycles. The maximum absolute atomic E-state index is 11.8. The van der Waals surface area contributed by atoms with Crippen molar-refractivity contribution in [1.29, 1.82) is 0 Å². The van der Waals surface area contributed by atoms with E-state index in [-0.39, 0.29) is 11.9 Å². The fourth-order valence-corrected chi connectivity index (χ4v) is 2.77. The Hall–Kier alpha value is -2.42. The number of hydrogen-bond donors (Lipinski definition) is 4. The van der Waals surface area contributed by atoms with Crippen LogP contribution in [0, 0.1) is 0 Å². The van der Waals surface area contributed by atoms with E-state index in [9.17, 15) is 9.59 Å². The lowest BCUT2D eigenvalue weighted by Crippen LogP contribution is -2.44. The molecular weight excluding hydrogens is 292 g/mol. The van der Waals surface area contributed by atoms with Crippen LogP contribution >= 0.6 is 11.3 Å². The van der Waals surface area contributed by atoms with Crippen LogP contribution in [0.15, 0.2) is 17.8 Å². The first-order valence-electron chi connectivity index (χ1n) is 6.48. The van der Waals surface area contributed by atoms with Gasteiger partial charge in [-0.25, -0.2) is 14.8 Å².